The third-order valence-electron chi connectivity index (χ3n) is 2.23. The molecule has 0 saturated carbocycles. The van der Waals surface area contributed by atoms with Gasteiger partial charge in [0.1, 0.15) is 0 Å². The summed E-state index contributed by atoms with van der Waals surface area (Å²) in [4.78, 5) is 10.7. The zero-order chi connectivity index (χ0) is 10.8. The number of nitrogens with zero attached hydrogens (tertiary/aromatic N) is 2. The van der Waals surface area contributed by atoms with E-state index in [1.54, 1.807) is 10.9 Å². The van der Waals surface area contributed by atoms with Crippen molar-refractivity contribution in [3.05, 3.63) is 45.3 Å². The van der Waals surface area contributed by atoms with Crippen LogP contribution in [0, 0.1) is 10.5 Å². The summed E-state index contributed by atoms with van der Waals surface area (Å²) in [6, 6.07) is 7.98. The molecule has 15 heavy (non-hydrogen) atoms. The maximum Gasteiger partial charge on any atom is 0.153 e. The van der Waals surface area contributed by atoms with E-state index >= 15 is 0 Å². The number of hydrogen-bond donors (Lipinski definition) is 0. The van der Waals surface area contributed by atoms with Gasteiger partial charge in [-0.1, -0.05) is 6.07 Å². The highest BCUT2D eigenvalue weighted by atomic mass is 127. The molecule has 0 aliphatic heterocycles. The van der Waals surface area contributed by atoms with Crippen LogP contribution in [0.4, 0.5) is 0 Å². The molecule has 1 heterocycles. The molecule has 0 unspecified atom stereocenters. The Bertz CT molecular complexity index is 505. The fraction of sp³-hybridized carbons (Fsp3) is 0.0909. The highest BCUT2D eigenvalue weighted by Crippen LogP contribution is 2.15. The van der Waals surface area contributed by atoms with Crippen molar-refractivity contribution >= 4 is 28.9 Å². The van der Waals surface area contributed by atoms with Gasteiger partial charge in [0.05, 0.1) is 23.1 Å². The third kappa shape index (κ3) is 1.94. The molecule has 0 spiro atoms. The Morgan fingerprint density at radius 2 is 2.27 bits per heavy atom. The maximum absolute atomic E-state index is 10.7. The van der Waals surface area contributed by atoms with Crippen LogP contribution in [0.25, 0.3) is 5.69 Å². The standard InChI is InChI=1S/C11H9IN2O/c1-8-9(7-15)6-13-14(8)11-4-2-3-10(12)5-11/h2-7H,1H3. The summed E-state index contributed by atoms with van der Waals surface area (Å²) in [5, 5.41) is 4.18. The van der Waals surface area contributed by atoms with E-state index in [1.165, 1.54) is 0 Å². The number of halogens is 1. The predicted octanol–water partition coefficient (Wildman–Crippen LogP) is 2.60. The van der Waals surface area contributed by atoms with Gasteiger partial charge in [0.2, 0.25) is 0 Å². The van der Waals surface area contributed by atoms with Gasteiger partial charge in [-0.15, -0.1) is 0 Å². The van der Waals surface area contributed by atoms with E-state index in [4.69, 9.17) is 0 Å². The van der Waals surface area contributed by atoms with E-state index in [0.717, 1.165) is 21.2 Å². The number of benzene rings is 1. The molecule has 0 bridgehead atoms. The number of hydrogen-bond acceptors (Lipinski definition) is 2. The van der Waals surface area contributed by atoms with Gasteiger partial charge in [0, 0.05) is 3.57 Å². The zero-order valence-corrected chi connectivity index (χ0v) is 10.3. The number of carbonyl (C=O) groups excluding carboxylic acids is 1. The second kappa shape index (κ2) is 4.14. The highest BCUT2D eigenvalue weighted by molar-refractivity contribution is 14.1. The molecule has 0 N–H and O–H groups in total. The Morgan fingerprint density at radius 3 is 2.87 bits per heavy atom. The van der Waals surface area contributed by atoms with Gasteiger partial charge in [-0.2, -0.15) is 5.10 Å². The maximum atomic E-state index is 10.7. The van der Waals surface area contributed by atoms with E-state index in [-0.39, 0.29) is 0 Å². The fourth-order valence-corrected chi connectivity index (χ4v) is 1.93. The van der Waals surface area contributed by atoms with Crippen LogP contribution in [0.1, 0.15) is 16.1 Å². The lowest BCUT2D eigenvalue weighted by Crippen LogP contribution is -1.99. The van der Waals surface area contributed by atoms with Crippen LogP contribution >= 0.6 is 22.6 Å². The summed E-state index contributed by atoms with van der Waals surface area (Å²) < 4.78 is 2.92. The van der Waals surface area contributed by atoms with E-state index in [9.17, 15) is 4.79 Å². The topological polar surface area (TPSA) is 34.9 Å². The molecule has 0 radical (unpaired) electrons. The Labute approximate surface area is 101 Å². The minimum atomic E-state index is 0.633. The molecule has 2 aromatic rings. The summed E-state index contributed by atoms with van der Waals surface area (Å²) in [7, 11) is 0. The minimum absolute atomic E-state index is 0.633. The van der Waals surface area contributed by atoms with Crippen molar-refractivity contribution in [2.75, 3.05) is 0 Å². The first-order valence-electron chi connectivity index (χ1n) is 4.48. The number of rotatable bonds is 2. The van der Waals surface area contributed by atoms with Gasteiger partial charge < -0.3 is 0 Å². The van der Waals surface area contributed by atoms with Gasteiger partial charge in [-0.25, -0.2) is 4.68 Å². The molecule has 0 fully saturated rings. The first-order chi connectivity index (χ1) is 7.22. The zero-order valence-electron chi connectivity index (χ0n) is 8.14. The molecule has 0 saturated heterocycles. The molecule has 0 amide bonds. The molecule has 76 valence electrons. The first kappa shape index (κ1) is 10.4. The fourth-order valence-electron chi connectivity index (χ4n) is 1.41. The van der Waals surface area contributed by atoms with Crippen molar-refractivity contribution in [2.24, 2.45) is 0 Å². The number of carbonyl (C=O) groups is 1. The average molecular weight is 312 g/mol. The van der Waals surface area contributed by atoms with Crippen LogP contribution in [-0.4, -0.2) is 16.1 Å². The summed E-state index contributed by atoms with van der Waals surface area (Å²) in [5.41, 5.74) is 2.48. The van der Waals surface area contributed by atoms with Crippen LogP contribution in [0.3, 0.4) is 0 Å². The van der Waals surface area contributed by atoms with Gasteiger partial charge >= 0.3 is 0 Å². The van der Waals surface area contributed by atoms with Crippen LogP contribution in [0.15, 0.2) is 30.5 Å². The van der Waals surface area contributed by atoms with Gasteiger partial charge in [0.15, 0.2) is 6.29 Å². The summed E-state index contributed by atoms with van der Waals surface area (Å²) in [6.45, 7) is 1.89. The van der Waals surface area contributed by atoms with Crippen LogP contribution in [0.5, 0.6) is 0 Å². The minimum Gasteiger partial charge on any atom is -0.298 e. The molecule has 1 aromatic carbocycles. The molecule has 0 aliphatic carbocycles. The quantitative estimate of drug-likeness (QED) is 0.631. The summed E-state index contributed by atoms with van der Waals surface area (Å²) >= 11 is 2.25. The van der Waals surface area contributed by atoms with E-state index in [0.29, 0.717) is 5.56 Å². The molecule has 0 atom stereocenters. The molecular formula is C11H9IN2O. The Hall–Kier alpha value is -1.17. The number of aromatic nitrogens is 2. The lowest BCUT2D eigenvalue weighted by atomic mass is 10.3. The average Bonchev–Trinajstić information content (AvgIpc) is 2.59. The largest absolute Gasteiger partial charge is 0.298 e. The van der Waals surface area contributed by atoms with Crippen molar-refractivity contribution in [2.45, 2.75) is 6.92 Å². The summed E-state index contributed by atoms with van der Waals surface area (Å²) in [5.74, 6) is 0. The van der Waals surface area contributed by atoms with E-state index in [2.05, 4.69) is 27.7 Å². The van der Waals surface area contributed by atoms with E-state index in [1.807, 2.05) is 31.2 Å². The van der Waals surface area contributed by atoms with Crippen molar-refractivity contribution in [1.82, 2.24) is 9.78 Å². The molecule has 3 nitrogen and oxygen atoms in total. The monoisotopic (exact) mass is 312 g/mol. The number of aldehydes is 1. The molecule has 2 rings (SSSR count). The Balaban J connectivity index is 2.54. The Morgan fingerprint density at radius 1 is 1.47 bits per heavy atom. The van der Waals surface area contributed by atoms with Crippen LogP contribution in [0.2, 0.25) is 0 Å². The molecule has 4 heteroatoms. The molecule has 0 aliphatic rings. The third-order valence-corrected chi connectivity index (χ3v) is 2.90. The normalized spacial score (nSPS) is 10.3. The lowest BCUT2D eigenvalue weighted by Gasteiger charge is -2.04. The molecule has 1 aromatic heterocycles. The second-order valence-corrected chi connectivity index (χ2v) is 4.44. The molecular weight excluding hydrogens is 303 g/mol. The SMILES string of the molecule is Cc1c(C=O)cnn1-c1cccc(I)c1. The predicted molar refractivity (Wildman–Crippen MR) is 66.4 cm³/mol. The van der Waals surface area contributed by atoms with Gasteiger partial charge in [-0.05, 0) is 47.7 Å². The summed E-state index contributed by atoms with van der Waals surface area (Å²) in [6.07, 6.45) is 2.41. The Kier molecular flexibility index (Phi) is 2.86. The van der Waals surface area contributed by atoms with E-state index < -0.39 is 0 Å². The van der Waals surface area contributed by atoms with Crippen molar-refractivity contribution < 1.29 is 4.79 Å². The highest BCUT2D eigenvalue weighted by Gasteiger charge is 2.06. The second-order valence-electron chi connectivity index (χ2n) is 3.19. The smallest absolute Gasteiger partial charge is 0.153 e. The van der Waals surface area contributed by atoms with Crippen LogP contribution in [-0.2, 0) is 0 Å². The van der Waals surface area contributed by atoms with Crippen molar-refractivity contribution in [3.63, 3.8) is 0 Å². The van der Waals surface area contributed by atoms with Crippen LogP contribution < -0.4 is 0 Å². The van der Waals surface area contributed by atoms with Crippen molar-refractivity contribution in [3.8, 4) is 5.69 Å². The first-order valence-corrected chi connectivity index (χ1v) is 5.56. The van der Waals surface area contributed by atoms with Gasteiger partial charge in [0.25, 0.3) is 0 Å². The van der Waals surface area contributed by atoms with Gasteiger partial charge in [-0.3, -0.25) is 4.79 Å². The lowest BCUT2D eigenvalue weighted by molar-refractivity contribution is 0.112. The van der Waals surface area contributed by atoms with Crippen molar-refractivity contribution in [1.29, 1.82) is 0 Å².